The maximum absolute atomic E-state index is 12.4. The van der Waals surface area contributed by atoms with Gasteiger partial charge in [0, 0.05) is 29.8 Å². The van der Waals surface area contributed by atoms with Crippen molar-refractivity contribution in [3.8, 4) is 17.0 Å². The van der Waals surface area contributed by atoms with Crippen LogP contribution in [-0.2, 0) is 11.2 Å². The third-order valence-electron chi connectivity index (χ3n) is 4.52. The van der Waals surface area contributed by atoms with E-state index in [0.29, 0.717) is 12.2 Å². The lowest BCUT2D eigenvalue weighted by Gasteiger charge is -2.09. The number of methoxy groups -OCH3 is 1. The summed E-state index contributed by atoms with van der Waals surface area (Å²) >= 11 is 0. The van der Waals surface area contributed by atoms with Gasteiger partial charge in [0.2, 0.25) is 11.7 Å². The average molecular weight is 372 g/mol. The maximum Gasteiger partial charge on any atom is 0.234 e. The van der Waals surface area contributed by atoms with Crippen molar-refractivity contribution in [3.05, 3.63) is 78.2 Å². The predicted octanol–water partition coefficient (Wildman–Crippen LogP) is 3.89. The Labute approximate surface area is 162 Å². The molecule has 0 aliphatic carbocycles. The van der Waals surface area contributed by atoms with Gasteiger partial charge in [-0.25, -0.2) is 9.97 Å². The van der Waals surface area contributed by atoms with Crippen molar-refractivity contribution >= 4 is 17.4 Å². The van der Waals surface area contributed by atoms with Crippen LogP contribution in [0.4, 0.5) is 5.69 Å². The van der Waals surface area contributed by atoms with Crippen LogP contribution < -0.4 is 10.1 Å². The maximum atomic E-state index is 12.4. The molecule has 0 bridgehead atoms. The molecule has 28 heavy (non-hydrogen) atoms. The van der Waals surface area contributed by atoms with E-state index in [1.54, 1.807) is 13.3 Å². The number of imidazole rings is 1. The minimum absolute atomic E-state index is 0.0609. The third kappa shape index (κ3) is 3.71. The molecule has 6 nitrogen and oxygen atoms in total. The van der Waals surface area contributed by atoms with Gasteiger partial charge in [-0.2, -0.15) is 0 Å². The molecular formula is C22H20N4O2. The standard InChI is InChI=1S/C22H20N4O2/c1-15-12-16(4-9-20(15)28-2)13-21(27)24-18-7-5-17(6-8-18)19-14-26-11-3-10-23-22(26)25-19/h3-12,14H,13H2,1-2H3,(H,24,27). The van der Waals surface area contributed by atoms with Crippen LogP contribution in [0.15, 0.2) is 67.1 Å². The van der Waals surface area contributed by atoms with Gasteiger partial charge in [0.15, 0.2) is 0 Å². The summed E-state index contributed by atoms with van der Waals surface area (Å²) in [6, 6.07) is 15.3. The number of rotatable bonds is 5. The zero-order chi connectivity index (χ0) is 19.5. The first-order valence-electron chi connectivity index (χ1n) is 8.96. The van der Waals surface area contributed by atoms with Crippen LogP contribution in [0.25, 0.3) is 17.0 Å². The first kappa shape index (κ1) is 17.7. The van der Waals surface area contributed by atoms with Crippen LogP contribution >= 0.6 is 0 Å². The molecular weight excluding hydrogens is 352 g/mol. The summed E-state index contributed by atoms with van der Waals surface area (Å²) < 4.78 is 7.13. The van der Waals surface area contributed by atoms with Crippen LogP contribution in [0.5, 0.6) is 5.75 Å². The van der Waals surface area contributed by atoms with Crippen molar-refractivity contribution in [1.29, 1.82) is 0 Å². The minimum atomic E-state index is -0.0609. The van der Waals surface area contributed by atoms with E-state index < -0.39 is 0 Å². The Morgan fingerprint density at radius 2 is 2.00 bits per heavy atom. The second-order valence-corrected chi connectivity index (χ2v) is 6.56. The van der Waals surface area contributed by atoms with Crippen LogP contribution in [0.3, 0.4) is 0 Å². The molecule has 0 aliphatic rings. The van der Waals surface area contributed by atoms with Gasteiger partial charge in [0.05, 0.1) is 19.2 Å². The quantitative estimate of drug-likeness (QED) is 0.577. The van der Waals surface area contributed by atoms with Gasteiger partial charge >= 0.3 is 0 Å². The fourth-order valence-corrected chi connectivity index (χ4v) is 3.13. The highest BCUT2D eigenvalue weighted by molar-refractivity contribution is 5.92. The first-order chi connectivity index (χ1) is 13.6. The molecule has 0 spiro atoms. The van der Waals surface area contributed by atoms with Gasteiger partial charge in [-0.3, -0.25) is 9.20 Å². The molecule has 0 radical (unpaired) electrons. The number of hydrogen-bond acceptors (Lipinski definition) is 4. The zero-order valence-corrected chi connectivity index (χ0v) is 15.7. The monoisotopic (exact) mass is 372 g/mol. The van der Waals surface area contributed by atoms with Gasteiger partial charge in [-0.1, -0.05) is 24.3 Å². The lowest BCUT2D eigenvalue weighted by molar-refractivity contribution is -0.115. The SMILES string of the molecule is COc1ccc(CC(=O)Nc2ccc(-c3cn4cccnc4n3)cc2)cc1C. The molecule has 1 N–H and O–H groups in total. The summed E-state index contributed by atoms with van der Waals surface area (Å²) in [6.07, 6.45) is 5.87. The molecule has 6 heteroatoms. The summed E-state index contributed by atoms with van der Waals surface area (Å²) in [5.74, 6) is 1.42. The van der Waals surface area contributed by atoms with Gasteiger partial charge in [0.25, 0.3) is 0 Å². The Kier molecular flexibility index (Phi) is 4.76. The highest BCUT2D eigenvalue weighted by Crippen LogP contribution is 2.22. The summed E-state index contributed by atoms with van der Waals surface area (Å²) in [4.78, 5) is 21.1. The van der Waals surface area contributed by atoms with Crippen LogP contribution in [0.2, 0.25) is 0 Å². The van der Waals surface area contributed by atoms with Gasteiger partial charge in [-0.15, -0.1) is 0 Å². The number of ether oxygens (including phenoxy) is 1. The van der Waals surface area contributed by atoms with Crippen molar-refractivity contribution in [1.82, 2.24) is 14.4 Å². The Morgan fingerprint density at radius 1 is 1.18 bits per heavy atom. The lowest BCUT2D eigenvalue weighted by atomic mass is 10.1. The van der Waals surface area contributed by atoms with E-state index in [1.165, 1.54) is 0 Å². The molecule has 140 valence electrons. The molecule has 4 aromatic rings. The average Bonchev–Trinajstić information content (AvgIpc) is 3.13. The Morgan fingerprint density at radius 3 is 2.71 bits per heavy atom. The Bertz CT molecular complexity index is 1100. The second kappa shape index (κ2) is 7.52. The number of fused-ring (bicyclic) bond motifs is 1. The second-order valence-electron chi connectivity index (χ2n) is 6.56. The molecule has 0 fully saturated rings. The van der Waals surface area contributed by atoms with Crippen LogP contribution in [-0.4, -0.2) is 27.4 Å². The molecule has 0 aliphatic heterocycles. The molecule has 0 saturated heterocycles. The number of aryl methyl sites for hydroxylation is 1. The Hall–Kier alpha value is -3.67. The number of hydrogen-bond donors (Lipinski definition) is 1. The summed E-state index contributed by atoms with van der Waals surface area (Å²) in [6.45, 7) is 1.97. The van der Waals surface area contributed by atoms with Crippen molar-refractivity contribution in [2.45, 2.75) is 13.3 Å². The number of benzene rings is 2. The number of carbonyl (C=O) groups is 1. The van der Waals surface area contributed by atoms with Gasteiger partial charge in [-0.05, 0) is 42.3 Å². The van der Waals surface area contributed by atoms with Crippen molar-refractivity contribution in [3.63, 3.8) is 0 Å². The summed E-state index contributed by atoms with van der Waals surface area (Å²) in [5.41, 5.74) is 4.52. The fourth-order valence-electron chi connectivity index (χ4n) is 3.13. The molecule has 0 saturated carbocycles. The molecule has 1 amide bonds. The number of anilines is 1. The number of amides is 1. The molecule has 0 atom stereocenters. The molecule has 2 aromatic carbocycles. The van der Waals surface area contributed by atoms with Crippen molar-refractivity contribution in [2.75, 3.05) is 12.4 Å². The minimum Gasteiger partial charge on any atom is -0.496 e. The Balaban J connectivity index is 1.44. The zero-order valence-electron chi connectivity index (χ0n) is 15.7. The van der Waals surface area contributed by atoms with E-state index in [-0.39, 0.29) is 5.91 Å². The number of nitrogens with zero attached hydrogens (tertiary/aromatic N) is 3. The summed E-state index contributed by atoms with van der Waals surface area (Å²) in [7, 11) is 1.64. The van der Waals surface area contributed by atoms with Gasteiger partial charge < -0.3 is 10.1 Å². The predicted molar refractivity (Wildman–Crippen MR) is 108 cm³/mol. The normalized spacial score (nSPS) is 10.8. The smallest absolute Gasteiger partial charge is 0.234 e. The lowest BCUT2D eigenvalue weighted by Crippen LogP contribution is -2.14. The van der Waals surface area contributed by atoms with E-state index in [4.69, 9.17) is 4.74 Å². The van der Waals surface area contributed by atoms with Crippen LogP contribution in [0, 0.1) is 6.92 Å². The van der Waals surface area contributed by atoms with Crippen molar-refractivity contribution in [2.24, 2.45) is 0 Å². The topological polar surface area (TPSA) is 68.5 Å². The van der Waals surface area contributed by atoms with E-state index >= 15 is 0 Å². The van der Waals surface area contributed by atoms with E-state index in [2.05, 4.69) is 15.3 Å². The summed E-state index contributed by atoms with van der Waals surface area (Å²) in [5, 5.41) is 2.94. The van der Waals surface area contributed by atoms with Gasteiger partial charge in [0.1, 0.15) is 5.75 Å². The first-order valence-corrected chi connectivity index (χ1v) is 8.96. The number of aromatic nitrogens is 3. The molecule has 0 unspecified atom stereocenters. The third-order valence-corrected chi connectivity index (χ3v) is 4.52. The fraction of sp³-hybridized carbons (Fsp3) is 0.136. The molecule has 4 rings (SSSR count). The van der Waals surface area contributed by atoms with Crippen molar-refractivity contribution < 1.29 is 9.53 Å². The van der Waals surface area contributed by atoms with E-state index in [9.17, 15) is 4.79 Å². The number of nitrogens with one attached hydrogen (secondary N) is 1. The highest BCUT2D eigenvalue weighted by atomic mass is 16.5. The highest BCUT2D eigenvalue weighted by Gasteiger charge is 2.08. The number of carbonyl (C=O) groups excluding carboxylic acids is 1. The van der Waals surface area contributed by atoms with E-state index in [1.807, 2.05) is 72.2 Å². The molecule has 2 aromatic heterocycles. The largest absolute Gasteiger partial charge is 0.496 e. The van der Waals surface area contributed by atoms with E-state index in [0.717, 1.165) is 33.8 Å². The molecule has 2 heterocycles. The van der Waals surface area contributed by atoms with Crippen LogP contribution in [0.1, 0.15) is 11.1 Å².